The van der Waals surface area contributed by atoms with Gasteiger partial charge in [0.25, 0.3) is 0 Å². The van der Waals surface area contributed by atoms with Crippen LogP contribution in [-0.2, 0) is 11.2 Å². The number of aryl methyl sites for hydroxylation is 1. The topological polar surface area (TPSA) is 71.9 Å². The van der Waals surface area contributed by atoms with Crippen molar-refractivity contribution in [1.82, 2.24) is 4.98 Å². The Kier molecular flexibility index (Phi) is 6.08. The molecule has 0 aliphatic rings. The van der Waals surface area contributed by atoms with Gasteiger partial charge in [-0.2, -0.15) is 0 Å². The van der Waals surface area contributed by atoms with Gasteiger partial charge < -0.3 is 19.5 Å². The van der Waals surface area contributed by atoms with E-state index in [0.29, 0.717) is 17.1 Å². The molecule has 0 saturated heterocycles. The number of carbonyl (C=O) groups is 1. The molecule has 2 aromatic carbocycles. The highest BCUT2D eigenvalue weighted by Gasteiger charge is 2.19. The van der Waals surface area contributed by atoms with Gasteiger partial charge in [-0.05, 0) is 31.2 Å². The molecular formula is C22H24N2O4S. The summed E-state index contributed by atoms with van der Waals surface area (Å²) in [4.78, 5) is 19.2. The summed E-state index contributed by atoms with van der Waals surface area (Å²) in [5.41, 5.74) is 4.46. The third-order valence-corrected chi connectivity index (χ3v) is 5.66. The summed E-state index contributed by atoms with van der Waals surface area (Å²) >= 11 is 1.58. The van der Waals surface area contributed by atoms with E-state index in [9.17, 15) is 9.90 Å². The Bertz CT molecular complexity index is 1000. The fraction of sp³-hybridized carbons (Fsp3) is 0.273. The Hall–Kier alpha value is -3.06. The van der Waals surface area contributed by atoms with Crippen molar-refractivity contribution >= 4 is 23.0 Å². The number of aromatic nitrogens is 1. The van der Waals surface area contributed by atoms with Crippen molar-refractivity contribution in [3.63, 3.8) is 0 Å². The first-order valence-electron chi connectivity index (χ1n) is 9.06. The number of anilines is 1. The van der Waals surface area contributed by atoms with Crippen LogP contribution in [0.3, 0.4) is 0 Å². The van der Waals surface area contributed by atoms with Crippen molar-refractivity contribution < 1.29 is 19.4 Å². The van der Waals surface area contributed by atoms with Crippen molar-refractivity contribution in [2.45, 2.75) is 13.3 Å². The van der Waals surface area contributed by atoms with E-state index in [1.807, 2.05) is 33.2 Å². The lowest BCUT2D eigenvalue weighted by molar-refractivity contribution is -0.136. The van der Waals surface area contributed by atoms with E-state index in [4.69, 9.17) is 14.5 Å². The number of ether oxygens (including phenoxy) is 2. The fourth-order valence-electron chi connectivity index (χ4n) is 3.14. The molecule has 3 aromatic rings. The molecule has 0 aliphatic carbocycles. The highest BCUT2D eigenvalue weighted by molar-refractivity contribution is 7.15. The molecule has 1 N–H and O–H groups in total. The molecule has 0 unspecified atom stereocenters. The minimum Gasteiger partial charge on any atom is -0.496 e. The van der Waals surface area contributed by atoms with Gasteiger partial charge in [-0.25, -0.2) is 4.98 Å². The van der Waals surface area contributed by atoms with E-state index in [1.165, 1.54) is 14.2 Å². The van der Waals surface area contributed by atoms with Crippen LogP contribution in [-0.4, -0.2) is 44.4 Å². The van der Waals surface area contributed by atoms with Crippen LogP contribution in [0.1, 0.15) is 10.4 Å². The summed E-state index contributed by atoms with van der Waals surface area (Å²) in [5, 5.41) is 10.0. The smallest absolute Gasteiger partial charge is 0.308 e. The largest absolute Gasteiger partial charge is 0.496 e. The quantitative estimate of drug-likeness (QED) is 0.616. The average molecular weight is 413 g/mol. The van der Waals surface area contributed by atoms with Gasteiger partial charge in [-0.1, -0.05) is 12.1 Å². The van der Waals surface area contributed by atoms with Gasteiger partial charge in [0.05, 0.1) is 26.3 Å². The predicted molar refractivity (Wildman–Crippen MR) is 116 cm³/mol. The molecule has 0 amide bonds. The zero-order chi connectivity index (χ0) is 21.1. The number of carboxylic acids is 1. The zero-order valence-corrected chi connectivity index (χ0v) is 18.0. The fourth-order valence-corrected chi connectivity index (χ4v) is 4.06. The molecule has 0 bridgehead atoms. The molecule has 0 radical (unpaired) electrons. The maximum atomic E-state index is 11.2. The number of hydrogen-bond acceptors (Lipinski definition) is 6. The summed E-state index contributed by atoms with van der Waals surface area (Å²) in [6.07, 6.45) is -0.174. The summed E-state index contributed by atoms with van der Waals surface area (Å²) in [5.74, 6) is 0.0147. The Morgan fingerprint density at radius 1 is 1.07 bits per heavy atom. The summed E-state index contributed by atoms with van der Waals surface area (Å²) in [6, 6.07) is 11.9. The predicted octanol–water partition coefficient (Wildman–Crippen LogP) is 4.50. The summed E-state index contributed by atoms with van der Waals surface area (Å²) < 4.78 is 10.9. The summed E-state index contributed by atoms with van der Waals surface area (Å²) in [6.45, 7) is 2.05. The van der Waals surface area contributed by atoms with E-state index >= 15 is 0 Å². The molecule has 3 rings (SSSR count). The Morgan fingerprint density at radius 3 is 2.14 bits per heavy atom. The summed E-state index contributed by atoms with van der Waals surface area (Å²) in [7, 11) is 7.06. The molecule has 0 atom stereocenters. The number of thiazole rings is 1. The van der Waals surface area contributed by atoms with E-state index in [-0.39, 0.29) is 6.42 Å². The number of nitrogens with zero attached hydrogens (tertiary/aromatic N) is 2. The van der Waals surface area contributed by atoms with Crippen LogP contribution in [0.25, 0.3) is 21.8 Å². The monoisotopic (exact) mass is 412 g/mol. The Balaban J connectivity index is 2.03. The van der Waals surface area contributed by atoms with E-state index in [0.717, 1.165) is 32.4 Å². The Morgan fingerprint density at radius 2 is 1.66 bits per heavy atom. The molecular weight excluding hydrogens is 388 g/mol. The van der Waals surface area contributed by atoms with Crippen LogP contribution in [0.15, 0.2) is 36.4 Å². The van der Waals surface area contributed by atoms with E-state index in [1.54, 1.807) is 11.3 Å². The molecule has 1 aromatic heterocycles. The van der Waals surface area contributed by atoms with Gasteiger partial charge in [-0.15, -0.1) is 11.3 Å². The van der Waals surface area contributed by atoms with Crippen LogP contribution in [0.5, 0.6) is 11.5 Å². The lowest BCUT2D eigenvalue weighted by Crippen LogP contribution is -2.07. The first kappa shape index (κ1) is 20.7. The molecule has 6 nitrogen and oxygen atoms in total. The maximum absolute atomic E-state index is 11.2. The van der Waals surface area contributed by atoms with Crippen LogP contribution < -0.4 is 14.4 Å². The number of aliphatic carboxylic acids is 1. The van der Waals surface area contributed by atoms with Crippen LogP contribution >= 0.6 is 11.3 Å². The zero-order valence-electron chi connectivity index (χ0n) is 17.1. The molecule has 152 valence electrons. The molecule has 29 heavy (non-hydrogen) atoms. The lowest BCUT2D eigenvalue weighted by Gasteiger charge is -2.13. The number of benzene rings is 2. The second-order valence-electron chi connectivity index (χ2n) is 6.79. The van der Waals surface area contributed by atoms with Gasteiger partial charge in [-0.3, -0.25) is 4.79 Å². The molecule has 1 heterocycles. The minimum absolute atomic E-state index is 0.174. The normalized spacial score (nSPS) is 10.7. The van der Waals surface area contributed by atoms with Gasteiger partial charge in [0, 0.05) is 41.4 Å². The van der Waals surface area contributed by atoms with Crippen molar-refractivity contribution in [1.29, 1.82) is 0 Å². The standard InChI is InChI=1S/C22H24N2O4S/c1-13-21(14-6-8-16(9-7-14)24(2)3)23-22(29-13)15-10-18(27-4)17(12-20(25)26)19(11-15)28-5/h6-11H,12H2,1-5H3,(H,25,26). The maximum Gasteiger partial charge on any atom is 0.308 e. The minimum atomic E-state index is -0.942. The van der Waals surface area contributed by atoms with Crippen LogP contribution in [0, 0.1) is 6.92 Å². The van der Waals surface area contributed by atoms with Gasteiger partial charge >= 0.3 is 5.97 Å². The van der Waals surface area contributed by atoms with Gasteiger partial charge in [0.1, 0.15) is 16.5 Å². The number of hydrogen-bond donors (Lipinski definition) is 1. The van der Waals surface area contributed by atoms with Crippen molar-refractivity contribution in [2.75, 3.05) is 33.2 Å². The highest BCUT2D eigenvalue weighted by atomic mass is 32.1. The lowest BCUT2D eigenvalue weighted by atomic mass is 10.1. The van der Waals surface area contributed by atoms with Crippen molar-refractivity contribution in [3.8, 4) is 33.3 Å². The second-order valence-corrected chi connectivity index (χ2v) is 8.00. The average Bonchev–Trinajstić information content (AvgIpc) is 3.09. The number of methoxy groups -OCH3 is 2. The SMILES string of the molecule is COc1cc(-c2nc(-c3ccc(N(C)C)cc3)c(C)s2)cc(OC)c1CC(=O)O. The molecule has 0 spiro atoms. The third-order valence-electron chi connectivity index (χ3n) is 4.64. The molecule has 0 saturated carbocycles. The van der Waals surface area contributed by atoms with Gasteiger partial charge in [0.2, 0.25) is 0 Å². The van der Waals surface area contributed by atoms with Crippen LogP contribution in [0.4, 0.5) is 5.69 Å². The second kappa shape index (κ2) is 8.53. The van der Waals surface area contributed by atoms with E-state index in [2.05, 4.69) is 29.2 Å². The molecule has 0 fully saturated rings. The molecule has 0 aliphatic heterocycles. The van der Waals surface area contributed by atoms with Crippen molar-refractivity contribution in [3.05, 3.63) is 46.8 Å². The van der Waals surface area contributed by atoms with E-state index < -0.39 is 5.97 Å². The van der Waals surface area contributed by atoms with Crippen molar-refractivity contribution in [2.24, 2.45) is 0 Å². The first-order chi connectivity index (χ1) is 13.8. The first-order valence-corrected chi connectivity index (χ1v) is 9.88. The van der Waals surface area contributed by atoms with Crippen LogP contribution in [0.2, 0.25) is 0 Å². The van der Waals surface area contributed by atoms with Gasteiger partial charge in [0.15, 0.2) is 0 Å². The third kappa shape index (κ3) is 4.35. The highest BCUT2D eigenvalue weighted by Crippen LogP contribution is 2.39. The molecule has 7 heteroatoms. The number of carboxylic acid groups (broad SMARTS) is 1. The number of rotatable bonds is 7. The Labute approximate surface area is 174 Å².